The van der Waals surface area contributed by atoms with Crippen LogP contribution < -0.4 is 5.73 Å². The summed E-state index contributed by atoms with van der Waals surface area (Å²) in [6.45, 7) is 1.33. The van der Waals surface area contributed by atoms with Crippen molar-refractivity contribution in [1.29, 1.82) is 0 Å². The van der Waals surface area contributed by atoms with Crippen molar-refractivity contribution in [3.63, 3.8) is 0 Å². The molecule has 1 atom stereocenters. The van der Waals surface area contributed by atoms with Crippen LogP contribution in [0.4, 0.5) is 8.78 Å². The third-order valence-corrected chi connectivity index (χ3v) is 4.99. The molecule has 4 rings (SSSR count). The minimum absolute atomic E-state index is 0.0102. The van der Waals surface area contributed by atoms with Crippen molar-refractivity contribution < 1.29 is 13.6 Å². The fourth-order valence-electron chi connectivity index (χ4n) is 3.44. The fourth-order valence-corrected chi connectivity index (χ4v) is 3.44. The molecule has 9 heteroatoms. The largest absolute Gasteiger partial charge is 0.369 e. The third-order valence-electron chi connectivity index (χ3n) is 4.99. The highest BCUT2D eigenvalue weighted by atomic mass is 19.1. The first-order valence-electron chi connectivity index (χ1n) is 9.52. The van der Waals surface area contributed by atoms with E-state index in [0.717, 1.165) is 0 Å². The lowest BCUT2D eigenvalue weighted by Crippen LogP contribution is -2.16. The van der Waals surface area contributed by atoms with Crippen LogP contribution in [0.15, 0.2) is 48.9 Å². The molecule has 3 heterocycles. The molecule has 4 aromatic rings. The average Bonchev–Trinajstić information content (AvgIpc) is 3.34. The molecule has 154 valence electrons. The third kappa shape index (κ3) is 3.54. The van der Waals surface area contributed by atoms with Gasteiger partial charge in [-0.1, -0.05) is 6.92 Å². The Morgan fingerprint density at radius 1 is 1.17 bits per heavy atom. The highest BCUT2D eigenvalue weighted by molar-refractivity contribution is 5.78. The van der Waals surface area contributed by atoms with E-state index in [-0.39, 0.29) is 12.2 Å². The molecule has 30 heavy (non-hydrogen) atoms. The van der Waals surface area contributed by atoms with E-state index < -0.39 is 18.6 Å². The summed E-state index contributed by atoms with van der Waals surface area (Å²) in [6.07, 6.45) is 3.67. The first kappa shape index (κ1) is 19.7. The molecule has 0 radical (unpaired) electrons. The van der Waals surface area contributed by atoms with Gasteiger partial charge in [0.05, 0.1) is 42.1 Å². The molecule has 0 unspecified atom stereocenters. The number of nitrogens with two attached hydrogens (primary N) is 1. The summed E-state index contributed by atoms with van der Waals surface area (Å²) in [5, 5.41) is 4.64. The summed E-state index contributed by atoms with van der Waals surface area (Å²) < 4.78 is 30.4. The quantitative estimate of drug-likeness (QED) is 0.506. The number of amides is 1. The number of aromatic nitrogens is 5. The second kappa shape index (κ2) is 8.02. The molecule has 0 saturated carbocycles. The van der Waals surface area contributed by atoms with Gasteiger partial charge in [-0.05, 0) is 42.8 Å². The Labute approximate surface area is 171 Å². The van der Waals surface area contributed by atoms with Crippen molar-refractivity contribution >= 4 is 11.6 Å². The number of primary amides is 1. The molecule has 0 aliphatic carbocycles. The molecule has 0 aliphatic rings. The van der Waals surface area contributed by atoms with E-state index in [0.29, 0.717) is 40.4 Å². The molecule has 0 aliphatic heterocycles. The standard InChI is InChI=1S/C21H20F2N6O/c1-2-15(10-22)28-12-26-20(13-3-5-14(23)6-4-13)21(28)17-7-8-19-25-11-16(9-18(24)30)29(19)27-17/h3-8,11-12,15H,2,9-10H2,1H3,(H2,24,30)/t15-/m0/s1. The zero-order valence-electron chi connectivity index (χ0n) is 16.3. The van der Waals surface area contributed by atoms with Crippen LogP contribution in [0.25, 0.3) is 28.3 Å². The van der Waals surface area contributed by atoms with Gasteiger partial charge in [0.1, 0.15) is 18.2 Å². The van der Waals surface area contributed by atoms with Gasteiger partial charge in [0, 0.05) is 5.56 Å². The number of hydrogen-bond acceptors (Lipinski definition) is 4. The predicted octanol–water partition coefficient (Wildman–Crippen LogP) is 3.35. The average molecular weight is 410 g/mol. The molecule has 0 saturated heterocycles. The molecular formula is C21H20F2N6O. The first-order valence-corrected chi connectivity index (χ1v) is 9.52. The van der Waals surface area contributed by atoms with E-state index in [1.807, 2.05) is 6.92 Å². The number of nitrogens with zero attached hydrogens (tertiary/aromatic N) is 5. The Kier molecular flexibility index (Phi) is 5.26. The van der Waals surface area contributed by atoms with Gasteiger partial charge in [-0.3, -0.25) is 4.79 Å². The second-order valence-corrected chi connectivity index (χ2v) is 6.95. The molecule has 1 amide bonds. The van der Waals surface area contributed by atoms with E-state index in [4.69, 9.17) is 5.73 Å². The number of fused-ring (bicyclic) bond motifs is 1. The van der Waals surface area contributed by atoms with Crippen molar-refractivity contribution in [3.05, 3.63) is 60.4 Å². The Balaban J connectivity index is 1.92. The summed E-state index contributed by atoms with van der Waals surface area (Å²) in [6, 6.07) is 9.04. The minimum atomic E-state index is -0.567. The predicted molar refractivity (Wildman–Crippen MR) is 108 cm³/mol. The monoisotopic (exact) mass is 410 g/mol. The topological polar surface area (TPSA) is 91.1 Å². The number of hydrogen-bond donors (Lipinski definition) is 1. The van der Waals surface area contributed by atoms with Crippen molar-refractivity contribution in [1.82, 2.24) is 24.1 Å². The number of carbonyl (C=O) groups is 1. The lowest BCUT2D eigenvalue weighted by molar-refractivity contribution is -0.117. The van der Waals surface area contributed by atoms with Gasteiger partial charge in [0.25, 0.3) is 0 Å². The Bertz CT molecular complexity index is 1190. The van der Waals surface area contributed by atoms with Gasteiger partial charge in [-0.2, -0.15) is 5.10 Å². The minimum Gasteiger partial charge on any atom is -0.369 e. The maximum Gasteiger partial charge on any atom is 0.223 e. The zero-order chi connectivity index (χ0) is 21.3. The first-order chi connectivity index (χ1) is 14.5. The number of rotatable bonds is 7. The number of benzene rings is 1. The van der Waals surface area contributed by atoms with Crippen LogP contribution in [0.1, 0.15) is 25.1 Å². The van der Waals surface area contributed by atoms with Crippen LogP contribution in [-0.4, -0.2) is 36.7 Å². The normalized spacial score (nSPS) is 12.4. The summed E-state index contributed by atoms with van der Waals surface area (Å²) in [5.74, 6) is -0.853. The maximum absolute atomic E-state index is 13.7. The summed E-state index contributed by atoms with van der Waals surface area (Å²) in [5.41, 5.74) is 8.80. The Morgan fingerprint density at radius 3 is 2.60 bits per heavy atom. The lowest BCUT2D eigenvalue weighted by atomic mass is 10.1. The van der Waals surface area contributed by atoms with E-state index in [9.17, 15) is 13.6 Å². The van der Waals surface area contributed by atoms with Crippen LogP contribution >= 0.6 is 0 Å². The molecule has 0 bridgehead atoms. The van der Waals surface area contributed by atoms with Crippen molar-refractivity contribution in [2.75, 3.05) is 6.67 Å². The van der Waals surface area contributed by atoms with Gasteiger partial charge in [0.15, 0.2) is 5.65 Å². The molecule has 1 aromatic carbocycles. The van der Waals surface area contributed by atoms with Crippen molar-refractivity contribution in [2.24, 2.45) is 5.73 Å². The summed E-state index contributed by atoms with van der Waals surface area (Å²) in [4.78, 5) is 20.1. The van der Waals surface area contributed by atoms with Gasteiger partial charge >= 0.3 is 0 Å². The smallest absolute Gasteiger partial charge is 0.223 e. The molecule has 2 N–H and O–H groups in total. The highest BCUT2D eigenvalue weighted by Gasteiger charge is 2.22. The van der Waals surface area contributed by atoms with Gasteiger partial charge in [-0.25, -0.2) is 23.3 Å². The van der Waals surface area contributed by atoms with Crippen LogP contribution in [0.5, 0.6) is 0 Å². The molecule has 0 spiro atoms. The number of carbonyl (C=O) groups excluding carboxylic acids is 1. The van der Waals surface area contributed by atoms with Crippen LogP contribution in [0.2, 0.25) is 0 Å². The van der Waals surface area contributed by atoms with Gasteiger partial charge < -0.3 is 10.3 Å². The molecule has 3 aromatic heterocycles. The zero-order valence-corrected chi connectivity index (χ0v) is 16.3. The molecule has 0 fully saturated rings. The van der Waals surface area contributed by atoms with E-state index in [1.54, 1.807) is 45.9 Å². The van der Waals surface area contributed by atoms with Crippen LogP contribution in [-0.2, 0) is 11.2 Å². The Morgan fingerprint density at radius 2 is 1.93 bits per heavy atom. The molecular weight excluding hydrogens is 390 g/mol. The second-order valence-electron chi connectivity index (χ2n) is 6.95. The maximum atomic E-state index is 13.7. The van der Waals surface area contributed by atoms with Gasteiger partial charge in [0.2, 0.25) is 5.91 Å². The van der Waals surface area contributed by atoms with E-state index in [2.05, 4.69) is 15.1 Å². The fraction of sp³-hybridized carbons (Fsp3) is 0.238. The summed E-state index contributed by atoms with van der Waals surface area (Å²) >= 11 is 0. The van der Waals surface area contributed by atoms with Crippen LogP contribution in [0.3, 0.4) is 0 Å². The molecule has 7 nitrogen and oxygen atoms in total. The van der Waals surface area contributed by atoms with E-state index in [1.165, 1.54) is 12.1 Å². The van der Waals surface area contributed by atoms with Crippen LogP contribution in [0, 0.1) is 5.82 Å². The summed E-state index contributed by atoms with van der Waals surface area (Å²) in [7, 11) is 0. The van der Waals surface area contributed by atoms with Crippen molar-refractivity contribution in [3.8, 4) is 22.6 Å². The van der Waals surface area contributed by atoms with E-state index >= 15 is 0 Å². The lowest BCUT2D eigenvalue weighted by Gasteiger charge is -2.17. The Hall–Kier alpha value is -3.62. The SMILES string of the molecule is CC[C@@H](CF)n1cnc(-c2ccc(F)cc2)c1-c1ccc2ncc(CC(N)=O)n2n1. The highest BCUT2D eigenvalue weighted by Crippen LogP contribution is 2.33. The number of imidazole rings is 2. The van der Waals surface area contributed by atoms with Crippen molar-refractivity contribution in [2.45, 2.75) is 25.8 Å². The number of alkyl halides is 1. The van der Waals surface area contributed by atoms with Gasteiger partial charge in [-0.15, -0.1) is 0 Å². The number of halogens is 2.